The quantitative estimate of drug-likeness (QED) is 0.809. The molecule has 0 aliphatic rings. The van der Waals surface area contributed by atoms with E-state index in [1.54, 1.807) is 0 Å². The Balaban J connectivity index is 2.66. The number of hydrogen-bond donors (Lipinski definition) is 1. The predicted octanol–water partition coefficient (Wildman–Crippen LogP) is 4.44. The van der Waals surface area contributed by atoms with Crippen molar-refractivity contribution in [1.29, 1.82) is 0 Å². The first kappa shape index (κ1) is 13.2. The molecule has 15 heavy (non-hydrogen) atoms. The third kappa shape index (κ3) is 4.25. The van der Waals surface area contributed by atoms with Gasteiger partial charge < -0.3 is 4.74 Å². The second-order valence-corrected chi connectivity index (χ2v) is 5.79. The van der Waals surface area contributed by atoms with Gasteiger partial charge in [-0.15, -0.1) is 0 Å². The van der Waals surface area contributed by atoms with Crippen LogP contribution in [0.1, 0.15) is 13.8 Å². The number of hydrogen-bond acceptors (Lipinski definition) is 2. The van der Waals surface area contributed by atoms with Gasteiger partial charge in [-0.3, -0.25) is 0 Å². The van der Waals surface area contributed by atoms with Crippen molar-refractivity contribution in [3.05, 3.63) is 27.7 Å². The van der Waals surface area contributed by atoms with E-state index in [1.165, 1.54) is 0 Å². The molecule has 1 rings (SSSR count). The van der Waals surface area contributed by atoms with E-state index in [2.05, 4.69) is 42.4 Å². The normalized spacial score (nSPS) is 11.5. The molecule has 0 aromatic heterocycles. The van der Waals surface area contributed by atoms with Crippen molar-refractivity contribution >= 4 is 40.2 Å². The van der Waals surface area contributed by atoms with E-state index in [0.29, 0.717) is 11.6 Å². The molecule has 84 valence electrons. The number of benzene rings is 1. The highest BCUT2D eigenvalue weighted by Gasteiger charge is 2.17. The molecule has 0 saturated carbocycles. The number of ether oxygens (including phenoxy) is 1. The van der Waals surface area contributed by atoms with Gasteiger partial charge in [0.25, 0.3) is 0 Å². The molecule has 4 heteroatoms. The predicted molar refractivity (Wildman–Crippen MR) is 72.3 cm³/mol. The minimum atomic E-state index is 0.0716. The van der Waals surface area contributed by atoms with Gasteiger partial charge in [0.05, 0.1) is 11.1 Å². The van der Waals surface area contributed by atoms with E-state index in [4.69, 9.17) is 16.3 Å². The highest BCUT2D eigenvalue weighted by atomic mass is 79.9. The van der Waals surface area contributed by atoms with Gasteiger partial charge in [-0.25, -0.2) is 0 Å². The summed E-state index contributed by atoms with van der Waals surface area (Å²) in [5, 5.41) is 0.697. The van der Waals surface area contributed by atoms with E-state index >= 15 is 0 Å². The van der Waals surface area contributed by atoms with Crippen LogP contribution in [0.25, 0.3) is 0 Å². The number of rotatable bonds is 4. The molecule has 0 atom stereocenters. The summed E-state index contributed by atoms with van der Waals surface area (Å²) in [5.41, 5.74) is 0.0716. The van der Waals surface area contributed by atoms with Gasteiger partial charge in [-0.1, -0.05) is 25.4 Å². The SMILES string of the molecule is CC(C)(CS)COc1ccc(Cl)cc1Br. The van der Waals surface area contributed by atoms with Gasteiger partial charge in [-0.2, -0.15) is 12.6 Å². The van der Waals surface area contributed by atoms with Gasteiger partial charge in [0.2, 0.25) is 0 Å². The van der Waals surface area contributed by atoms with Crippen LogP contribution in [0.5, 0.6) is 5.75 Å². The van der Waals surface area contributed by atoms with Crippen molar-refractivity contribution in [2.24, 2.45) is 5.41 Å². The maximum Gasteiger partial charge on any atom is 0.133 e. The van der Waals surface area contributed by atoms with Crippen molar-refractivity contribution in [1.82, 2.24) is 0 Å². The summed E-state index contributed by atoms with van der Waals surface area (Å²) in [6.07, 6.45) is 0. The molecule has 1 nitrogen and oxygen atoms in total. The number of thiol groups is 1. The summed E-state index contributed by atoms with van der Waals surface area (Å²) in [7, 11) is 0. The van der Waals surface area contributed by atoms with Gasteiger partial charge in [0.1, 0.15) is 5.75 Å². The standard InChI is InChI=1S/C11H14BrClOS/c1-11(2,7-15)6-14-10-4-3-8(13)5-9(10)12/h3-5,15H,6-7H2,1-2H3. The largest absolute Gasteiger partial charge is 0.492 e. The molecule has 0 spiro atoms. The van der Waals surface area contributed by atoms with Crippen LogP contribution in [0.3, 0.4) is 0 Å². The highest BCUT2D eigenvalue weighted by Crippen LogP contribution is 2.29. The van der Waals surface area contributed by atoms with Gasteiger partial charge in [0.15, 0.2) is 0 Å². The molecule has 0 fully saturated rings. The Labute approximate surface area is 110 Å². The third-order valence-electron chi connectivity index (χ3n) is 1.94. The maximum atomic E-state index is 5.84. The lowest BCUT2D eigenvalue weighted by atomic mass is 9.98. The Morgan fingerprint density at radius 3 is 2.67 bits per heavy atom. The first-order chi connectivity index (χ1) is 6.94. The zero-order valence-corrected chi connectivity index (χ0v) is 12.0. The van der Waals surface area contributed by atoms with Crippen LogP contribution in [-0.2, 0) is 0 Å². The summed E-state index contributed by atoms with van der Waals surface area (Å²) in [4.78, 5) is 0. The molecule has 0 unspecified atom stereocenters. The molecule has 0 heterocycles. The monoisotopic (exact) mass is 308 g/mol. The fraction of sp³-hybridized carbons (Fsp3) is 0.455. The van der Waals surface area contributed by atoms with Crippen LogP contribution in [0.2, 0.25) is 5.02 Å². The second kappa shape index (κ2) is 5.46. The molecule has 0 aliphatic carbocycles. The fourth-order valence-corrected chi connectivity index (χ4v) is 1.80. The second-order valence-electron chi connectivity index (χ2n) is 4.19. The molecular formula is C11H14BrClOS. The van der Waals surface area contributed by atoms with Crippen molar-refractivity contribution < 1.29 is 4.74 Å². The average Bonchev–Trinajstić information content (AvgIpc) is 2.16. The zero-order chi connectivity index (χ0) is 11.5. The van der Waals surface area contributed by atoms with Crippen LogP contribution >= 0.6 is 40.2 Å². The minimum Gasteiger partial charge on any atom is -0.492 e. The summed E-state index contributed by atoms with van der Waals surface area (Å²) in [6.45, 7) is 4.87. The molecule has 0 amide bonds. The minimum absolute atomic E-state index is 0.0716. The first-order valence-corrected chi connectivity index (χ1v) is 6.44. The topological polar surface area (TPSA) is 9.23 Å². The summed E-state index contributed by atoms with van der Waals surface area (Å²) < 4.78 is 6.57. The molecule has 1 aromatic rings. The Kier molecular flexibility index (Phi) is 4.81. The van der Waals surface area contributed by atoms with Crippen molar-refractivity contribution in [2.45, 2.75) is 13.8 Å². The van der Waals surface area contributed by atoms with Crippen LogP contribution in [-0.4, -0.2) is 12.4 Å². The summed E-state index contributed by atoms with van der Waals surface area (Å²) in [5.74, 6) is 1.60. The number of halogens is 2. The first-order valence-electron chi connectivity index (χ1n) is 4.63. The van der Waals surface area contributed by atoms with Crippen LogP contribution in [0.15, 0.2) is 22.7 Å². The van der Waals surface area contributed by atoms with Crippen LogP contribution in [0.4, 0.5) is 0 Å². The van der Waals surface area contributed by atoms with Gasteiger partial charge >= 0.3 is 0 Å². The lowest BCUT2D eigenvalue weighted by molar-refractivity contribution is 0.201. The molecule has 0 saturated heterocycles. The highest BCUT2D eigenvalue weighted by molar-refractivity contribution is 9.10. The zero-order valence-electron chi connectivity index (χ0n) is 8.76. The fourth-order valence-electron chi connectivity index (χ4n) is 0.911. The smallest absolute Gasteiger partial charge is 0.133 e. The van der Waals surface area contributed by atoms with Crippen LogP contribution < -0.4 is 4.74 Å². The Bertz CT molecular complexity index is 341. The van der Waals surface area contributed by atoms with E-state index in [1.807, 2.05) is 18.2 Å². The molecule has 0 bridgehead atoms. The van der Waals surface area contributed by atoms with E-state index < -0.39 is 0 Å². The molecule has 1 aromatic carbocycles. The Morgan fingerprint density at radius 1 is 1.47 bits per heavy atom. The van der Waals surface area contributed by atoms with Crippen LogP contribution in [0, 0.1) is 5.41 Å². The summed E-state index contributed by atoms with van der Waals surface area (Å²) in [6, 6.07) is 5.50. The average molecular weight is 310 g/mol. The lowest BCUT2D eigenvalue weighted by Crippen LogP contribution is -2.23. The van der Waals surface area contributed by atoms with E-state index in [9.17, 15) is 0 Å². The van der Waals surface area contributed by atoms with Gasteiger partial charge in [0, 0.05) is 10.4 Å². The van der Waals surface area contributed by atoms with Crippen molar-refractivity contribution in [2.75, 3.05) is 12.4 Å². The molecular weight excluding hydrogens is 296 g/mol. The molecule has 0 radical (unpaired) electrons. The molecule has 0 aliphatic heterocycles. The Morgan fingerprint density at radius 2 is 2.13 bits per heavy atom. The maximum absolute atomic E-state index is 5.84. The van der Waals surface area contributed by atoms with Gasteiger partial charge in [-0.05, 0) is 39.9 Å². The Hall–Kier alpha value is 0.140. The summed E-state index contributed by atoms with van der Waals surface area (Å²) >= 11 is 13.5. The molecule has 0 N–H and O–H groups in total. The lowest BCUT2D eigenvalue weighted by Gasteiger charge is -2.22. The van der Waals surface area contributed by atoms with Crippen molar-refractivity contribution in [3.63, 3.8) is 0 Å². The van der Waals surface area contributed by atoms with Crippen molar-refractivity contribution in [3.8, 4) is 5.75 Å². The third-order valence-corrected chi connectivity index (χ3v) is 3.65. The van der Waals surface area contributed by atoms with E-state index in [-0.39, 0.29) is 5.41 Å². The van der Waals surface area contributed by atoms with E-state index in [0.717, 1.165) is 16.0 Å².